The lowest BCUT2D eigenvalue weighted by Gasteiger charge is -2.12. The van der Waals surface area contributed by atoms with Gasteiger partial charge in [-0.2, -0.15) is 0 Å². The Labute approximate surface area is 102 Å². The van der Waals surface area contributed by atoms with Gasteiger partial charge in [0.25, 0.3) is 5.91 Å². The molecule has 1 amide bonds. The van der Waals surface area contributed by atoms with E-state index in [-0.39, 0.29) is 5.91 Å². The number of carbonyl (C=O) groups is 1. The van der Waals surface area contributed by atoms with Gasteiger partial charge < -0.3 is 10.7 Å². The van der Waals surface area contributed by atoms with Gasteiger partial charge >= 0.3 is 0 Å². The van der Waals surface area contributed by atoms with Crippen molar-refractivity contribution in [3.05, 3.63) is 29.8 Å². The molecule has 0 bridgehead atoms. The summed E-state index contributed by atoms with van der Waals surface area (Å²) in [5, 5.41) is 2.98. The summed E-state index contributed by atoms with van der Waals surface area (Å²) in [6, 6.07) is 7.26. The Kier molecular flexibility index (Phi) is 3.98. The maximum absolute atomic E-state index is 12.0. The van der Waals surface area contributed by atoms with Crippen molar-refractivity contribution in [2.24, 2.45) is 11.8 Å². The monoisotopic (exact) mass is 233 g/mol. The molecule has 1 aromatic rings. The molecule has 0 spiro atoms. The first-order chi connectivity index (χ1) is 8.31. The molecule has 0 aliphatic heterocycles. The minimum atomic E-state index is -0.0505. The number of nitrogens with two attached hydrogens (primary N) is 1. The van der Waals surface area contributed by atoms with Gasteiger partial charge in [-0.05, 0) is 30.9 Å². The third-order valence-corrected chi connectivity index (χ3v) is 3.35. The quantitative estimate of drug-likeness (QED) is 0.549. The van der Waals surface area contributed by atoms with Crippen LogP contribution in [-0.2, 0) is 0 Å². The molecule has 92 valence electrons. The highest BCUT2D eigenvalue weighted by molar-refractivity contribution is 5.99. The zero-order valence-corrected chi connectivity index (χ0v) is 9.91. The van der Waals surface area contributed by atoms with Crippen molar-refractivity contribution in [2.75, 3.05) is 12.0 Å². The van der Waals surface area contributed by atoms with Crippen LogP contribution in [0, 0.1) is 5.92 Å². The molecule has 0 heterocycles. The largest absolute Gasteiger partial charge is 0.352 e. The Morgan fingerprint density at radius 3 is 2.71 bits per heavy atom. The maximum Gasteiger partial charge on any atom is 0.253 e. The number of amides is 1. The number of benzene rings is 1. The van der Waals surface area contributed by atoms with Crippen LogP contribution in [0.5, 0.6) is 0 Å². The van der Waals surface area contributed by atoms with Crippen molar-refractivity contribution >= 4 is 11.6 Å². The summed E-state index contributed by atoms with van der Waals surface area (Å²) >= 11 is 0. The number of carbonyl (C=O) groups excluding carboxylic acids is 1. The number of rotatable bonds is 4. The molecule has 0 atom stereocenters. The van der Waals surface area contributed by atoms with Crippen molar-refractivity contribution < 1.29 is 4.79 Å². The number of anilines is 1. The molecule has 0 unspecified atom stereocenters. The number of hydrogen-bond acceptors (Lipinski definition) is 3. The van der Waals surface area contributed by atoms with Crippen LogP contribution in [0.1, 0.15) is 36.0 Å². The fraction of sp³-hybridized carbons (Fsp3) is 0.462. The summed E-state index contributed by atoms with van der Waals surface area (Å²) in [5.74, 6) is 5.98. The Bertz CT molecular complexity index is 386. The van der Waals surface area contributed by atoms with E-state index in [0.717, 1.165) is 6.54 Å². The van der Waals surface area contributed by atoms with Gasteiger partial charge in [-0.15, -0.1) is 0 Å². The van der Waals surface area contributed by atoms with Crippen LogP contribution in [0.15, 0.2) is 24.3 Å². The van der Waals surface area contributed by atoms with Crippen molar-refractivity contribution in [1.82, 2.24) is 5.32 Å². The van der Waals surface area contributed by atoms with Gasteiger partial charge in [0.2, 0.25) is 0 Å². The van der Waals surface area contributed by atoms with Crippen LogP contribution in [0.3, 0.4) is 0 Å². The van der Waals surface area contributed by atoms with Crippen LogP contribution in [-0.4, -0.2) is 12.5 Å². The summed E-state index contributed by atoms with van der Waals surface area (Å²) < 4.78 is 0. The molecule has 1 aliphatic rings. The second kappa shape index (κ2) is 5.68. The topological polar surface area (TPSA) is 67.1 Å². The summed E-state index contributed by atoms with van der Waals surface area (Å²) in [7, 11) is 0. The highest BCUT2D eigenvalue weighted by Crippen LogP contribution is 2.24. The van der Waals surface area contributed by atoms with Gasteiger partial charge in [0.1, 0.15) is 0 Å². The van der Waals surface area contributed by atoms with E-state index in [2.05, 4.69) is 10.7 Å². The average molecular weight is 233 g/mol. The van der Waals surface area contributed by atoms with Crippen molar-refractivity contribution in [3.8, 4) is 0 Å². The van der Waals surface area contributed by atoms with E-state index >= 15 is 0 Å². The van der Waals surface area contributed by atoms with E-state index in [0.29, 0.717) is 17.2 Å². The summed E-state index contributed by atoms with van der Waals surface area (Å²) in [4.78, 5) is 12.0. The van der Waals surface area contributed by atoms with E-state index in [1.54, 1.807) is 12.1 Å². The van der Waals surface area contributed by atoms with Gasteiger partial charge in [-0.1, -0.05) is 25.0 Å². The molecule has 0 aromatic heterocycles. The van der Waals surface area contributed by atoms with Crippen molar-refractivity contribution in [3.63, 3.8) is 0 Å². The van der Waals surface area contributed by atoms with E-state index in [9.17, 15) is 4.79 Å². The Morgan fingerprint density at radius 2 is 2.00 bits per heavy atom. The summed E-state index contributed by atoms with van der Waals surface area (Å²) in [6.45, 7) is 0.776. The fourth-order valence-electron chi connectivity index (χ4n) is 2.35. The average Bonchev–Trinajstić information content (AvgIpc) is 2.89. The number of para-hydroxylation sites is 1. The Hall–Kier alpha value is -1.55. The smallest absolute Gasteiger partial charge is 0.253 e. The van der Waals surface area contributed by atoms with E-state index < -0.39 is 0 Å². The first kappa shape index (κ1) is 11.9. The van der Waals surface area contributed by atoms with Crippen LogP contribution < -0.4 is 16.6 Å². The normalized spacial score (nSPS) is 15.8. The van der Waals surface area contributed by atoms with E-state index in [4.69, 9.17) is 5.84 Å². The first-order valence-corrected chi connectivity index (χ1v) is 6.15. The highest BCUT2D eigenvalue weighted by Gasteiger charge is 2.17. The number of nitrogen functional groups attached to an aromatic ring is 1. The van der Waals surface area contributed by atoms with Crippen LogP contribution in [0.4, 0.5) is 5.69 Å². The predicted octanol–water partition coefficient (Wildman–Crippen LogP) is 1.89. The highest BCUT2D eigenvalue weighted by atomic mass is 16.1. The molecule has 2 rings (SSSR count). The Morgan fingerprint density at radius 1 is 1.29 bits per heavy atom. The summed E-state index contributed by atoms with van der Waals surface area (Å²) in [5.41, 5.74) is 3.81. The molecule has 0 radical (unpaired) electrons. The molecule has 0 saturated heterocycles. The molecule has 4 N–H and O–H groups in total. The maximum atomic E-state index is 12.0. The molecule has 4 nitrogen and oxygen atoms in total. The lowest BCUT2D eigenvalue weighted by molar-refractivity contribution is 0.0948. The van der Waals surface area contributed by atoms with Crippen LogP contribution in [0.25, 0.3) is 0 Å². The van der Waals surface area contributed by atoms with Gasteiger partial charge in [0, 0.05) is 6.54 Å². The third kappa shape index (κ3) is 2.97. The zero-order chi connectivity index (χ0) is 12.1. The molecule has 1 aromatic carbocycles. The third-order valence-electron chi connectivity index (χ3n) is 3.35. The molecular formula is C13H19N3O. The molecule has 4 heteroatoms. The van der Waals surface area contributed by atoms with Gasteiger partial charge in [-0.25, -0.2) is 0 Å². The number of hydrogen-bond donors (Lipinski definition) is 3. The SMILES string of the molecule is NNc1ccccc1C(=O)NCC1CCCC1. The number of hydrazine groups is 1. The van der Waals surface area contributed by atoms with Gasteiger partial charge in [0.15, 0.2) is 0 Å². The molecule has 1 fully saturated rings. The fourth-order valence-corrected chi connectivity index (χ4v) is 2.35. The first-order valence-electron chi connectivity index (χ1n) is 6.15. The molecule has 17 heavy (non-hydrogen) atoms. The Balaban J connectivity index is 1.94. The minimum Gasteiger partial charge on any atom is -0.352 e. The van der Waals surface area contributed by atoms with Crippen LogP contribution in [0.2, 0.25) is 0 Å². The zero-order valence-electron chi connectivity index (χ0n) is 9.91. The molecule has 1 aliphatic carbocycles. The second-order valence-corrected chi connectivity index (χ2v) is 4.55. The standard InChI is InChI=1S/C13H19N3O/c14-16-12-8-4-3-7-11(12)13(17)15-9-10-5-1-2-6-10/h3-4,7-8,10,16H,1-2,5-6,9,14H2,(H,15,17). The lowest BCUT2D eigenvalue weighted by Crippen LogP contribution is -2.29. The van der Waals surface area contributed by atoms with Crippen molar-refractivity contribution in [1.29, 1.82) is 0 Å². The second-order valence-electron chi connectivity index (χ2n) is 4.55. The van der Waals surface area contributed by atoms with E-state index in [1.165, 1.54) is 25.7 Å². The molecular weight excluding hydrogens is 214 g/mol. The number of nitrogens with one attached hydrogen (secondary N) is 2. The predicted molar refractivity (Wildman–Crippen MR) is 68.5 cm³/mol. The molecule has 1 saturated carbocycles. The van der Waals surface area contributed by atoms with Crippen LogP contribution >= 0.6 is 0 Å². The van der Waals surface area contributed by atoms with Gasteiger partial charge in [-0.3, -0.25) is 10.6 Å². The minimum absolute atomic E-state index is 0.0505. The van der Waals surface area contributed by atoms with Gasteiger partial charge in [0.05, 0.1) is 11.3 Å². The summed E-state index contributed by atoms with van der Waals surface area (Å²) in [6.07, 6.45) is 5.05. The van der Waals surface area contributed by atoms with Crippen molar-refractivity contribution in [2.45, 2.75) is 25.7 Å². The lowest BCUT2D eigenvalue weighted by atomic mass is 10.1. The van der Waals surface area contributed by atoms with E-state index in [1.807, 2.05) is 12.1 Å².